The Bertz CT molecular complexity index is 772. The first-order valence-corrected chi connectivity index (χ1v) is 11.1. The van der Waals surface area contributed by atoms with Crippen molar-refractivity contribution < 1.29 is 4.79 Å². The van der Waals surface area contributed by atoms with Crippen LogP contribution in [0.1, 0.15) is 47.0 Å². The highest BCUT2D eigenvalue weighted by Gasteiger charge is 2.41. The highest BCUT2D eigenvalue weighted by molar-refractivity contribution is 7.12. The minimum absolute atomic E-state index is 0.186. The number of benzene rings is 1. The molecule has 2 aliphatic rings. The van der Waals surface area contributed by atoms with E-state index in [0.717, 1.165) is 17.8 Å². The molecule has 0 amide bonds. The second-order valence-corrected chi connectivity index (χ2v) is 9.36. The number of ketones is 1. The molecular weight excluding hydrogens is 352 g/mol. The zero-order valence-electron chi connectivity index (χ0n) is 16.3. The van der Waals surface area contributed by atoms with Crippen LogP contribution >= 0.6 is 11.3 Å². The number of nitrogens with zero attached hydrogens (tertiary/aromatic N) is 2. The van der Waals surface area contributed by atoms with Gasteiger partial charge in [-0.2, -0.15) is 0 Å². The molecule has 4 heteroatoms. The standard InChI is InChI=1S/C23H30N2OS/c1-19(26)22-14-21(16-27-22)15-25-13-10-23(18-25)9-5-11-24(17-23)12-8-20-6-3-2-4-7-20/h2-4,6-7,14,16H,5,8-13,15,17-18H2,1H3. The van der Waals surface area contributed by atoms with Crippen molar-refractivity contribution in [1.82, 2.24) is 9.80 Å². The average molecular weight is 383 g/mol. The second-order valence-electron chi connectivity index (χ2n) is 8.45. The van der Waals surface area contributed by atoms with Crippen molar-refractivity contribution in [2.24, 2.45) is 5.41 Å². The molecule has 0 saturated carbocycles. The van der Waals surface area contributed by atoms with Crippen molar-refractivity contribution in [2.75, 3.05) is 32.7 Å². The monoisotopic (exact) mass is 382 g/mol. The molecule has 2 aromatic rings. The lowest BCUT2D eigenvalue weighted by molar-refractivity contribution is 0.0928. The Hall–Kier alpha value is -1.49. The van der Waals surface area contributed by atoms with Gasteiger partial charge in [0, 0.05) is 26.2 Å². The predicted octanol–water partition coefficient (Wildman–Crippen LogP) is 4.48. The molecule has 1 atom stereocenters. The van der Waals surface area contributed by atoms with Gasteiger partial charge in [-0.1, -0.05) is 30.3 Å². The largest absolute Gasteiger partial charge is 0.302 e. The van der Waals surface area contributed by atoms with Crippen LogP contribution in [0.25, 0.3) is 0 Å². The molecule has 1 aromatic carbocycles. The molecule has 1 spiro atoms. The maximum Gasteiger partial charge on any atom is 0.169 e. The molecule has 1 aromatic heterocycles. The van der Waals surface area contributed by atoms with Gasteiger partial charge in [-0.25, -0.2) is 0 Å². The number of thiophene rings is 1. The SMILES string of the molecule is CC(=O)c1cc(CN2CCC3(CCCN(CCc4ccccc4)C3)C2)cs1. The lowest BCUT2D eigenvalue weighted by Crippen LogP contribution is -2.45. The van der Waals surface area contributed by atoms with Crippen LogP contribution in [0.3, 0.4) is 0 Å². The smallest absolute Gasteiger partial charge is 0.169 e. The zero-order valence-corrected chi connectivity index (χ0v) is 17.1. The number of carbonyl (C=O) groups is 1. The molecular formula is C23H30N2OS. The zero-order chi connectivity index (χ0) is 18.7. The maximum absolute atomic E-state index is 11.5. The Balaban J connectivity index is 1.31. The fourth-order valence-corrected chi connectivity index (χ4v) is 5.64. The van der Waals surface area contributed by atoms with Crippen LogP contribution in [-0.4, -0.2) is 48.3 Å². The quantitative estimate of drug-likeness (QED) is 0.688. The van der Waals surface area contributed by atoms with Crippen LogP contribution in [0, 0.1) is 5.41 Å². The molecule has 2 saturated heterocycles. The second kappa shape index (κ2) is 8.26. The first kappa shape index (κ1) is 18.9. The number of hydrogen-bond acceptors (Lipinski definition) is 4. The number of likely N-dealkylation sites (tertiary alicyclic amines) is 2. The van der Waals surface area contributed by atoms with E-state index in [4.69, 9.17) is 0 Å². The highest BCUT2D eigenvalue weighted by Crippen LogP contribution is 2.39. The van der Waals surface area contributed by atoms with Gasteiger partial charge in [-0.05, 0) is 73.7 Å². The Kier molecular flexibility index (Phi) is 5.76. The molecule has 0 N–H and O–H groups in total. The van der Waals surface area contributed by atoms with Crippen molar-refractivity contribution in [2.45, 2.75) is 39.2 Å². The first-order valence-electron chi connectivity index (χ1n) is 10.2. The van der Waals surface area contributed by atoms with E-state index in [-0.39, 0.29) is 5.78 Å². The van der Waals surface area contributed by atoms with E-state index in [0.29, 0.717) is 5.41 Å². The number of hydrogen-bond donors (Lipinski definition) is 0. The summed E-state index contributed by atoms with van der Waals surface area (Å²) in [7, 11) is 0. The van der Waals surface area contributed by atoms with Crippen LogP contribution in [0.15, 0.2) is 41.8 Å². The van der Waals surface area contributed by atoms with Gasteiger partial charge in [0.1, 0.15) is 0 Å². The summed E-state index contributed by atoms with van der Waals surface area (Å²) in [4.78, 5) is 17.7. The summed E-state index contributed by atoms with van der Waals surface area (Å²) >= 11 is 1.59. The first-order chi connectivity index (χ1) is 13.1. The topological polar surface area (TPSA) is 23.6 Å². The minimum atomic E-state index is 0.186. The van der Waals surface area contributed by atoms with Gasteiger partial charge in [-0.15, -0.1) is 11.3 Å². The minimum Gasteiger partial charge on any atom is -0.302 e. The number of piperidine rings is 1. The Morgan fingerprint density at radius 1 is 1.07 bits per heavy atom. The molecule has 2 fully saturated rings. The van der Waals surface area contributed by atoms with Crippen molar-refractivity contribution in [3.05, 3.63) is 57.8 Å². The van der Waals surface area contributed by atoms with Gasteiger partial charge in [-0.3, -0.25) is 9.69 Å². The lowest BCUT2D eigenvalue weighted by atomic mass is 9.79. The molecule has 2 aliphatic heterocycles. The summed E-state index contributed by atoms with van der Waals surface area (Å²) in [6, 6.07) is 13.0. The van der Waals surface area contributed by atoms with Gasteiger partial charge in [0.15, 0.2) is 5.78 Å². The van der Waals surface area contributed by atoms with Crippen LogP contribution < -0.4 is 0 Å². The van der Waals surface area contributed by atoms with Gasteiger partial charge in [0.05, 0.1) is 4.88 Å². The van der Waals surface area contributed by atoms with Crippen molar-refractivity contribution in [3.8, 4) is 0 Å². The molecule has 144 valence electrons. The number of carbonyl (C=O) groups excluding carboxylic acids is 1. The van der Waals surface area contributed by atoms with Crippen LogP contribution in [0.5, 0.6) is 0 Å². The van der Waals surface area contributed by atoms with E-state index in [1.165, 1.54) is 63.1 Å². The molecule has 1 unspecified atom stereocenters. The third kappa shape index (κ3) is 4.68. The third-order valence-electron chi connectivity index (χ3n) is 6.22. The third-order valence-corrected chi connectivity index (χ3v) is 7.30. The number of Topliss-reactive ketones (excluding diaryl/α,β-unsaturated/α-hetero) is 1. The van der Waals surface area contributed by atoms with Crippen molar-refractivity contribution >= 4 is 17.1 Å². The van der Waals surface area contributed by atoms with E-state index in [1.54, 1.807) is 18.3 Å². The summed E-state index contributed by atoms with van der Waals surface area (Å²) in [5.41, 5.74) is 3.23. The molecule has 0 bridgehead atoms. The average Bonchev–Trinajstić information content (AvgIpc) is 3.29. The molecule has 3 nitrogen and oxygen atoms in total. The summed E-state index contributed by atoms with van der Waals surface area (Å²) in [5.74, 6) is 0.186. The fraction of sp³-hybridized carbons (Fsp3) is 0.522. The van der Waals surface area contributed by atoms with E-state index in [2.05, 4.69) is 51.6 Å². The van der Waals surface area contributed by atoms with E-state index in [9.17, 15) is 4.79 Å². The van der Waals surface area contributed by atoms with E-state index < -0.39 is 0 Å². The summed E-state index contributed by atoms with van der Waals surface area (Å²) in [6.07, 6.45) is 5.17. The molecule has 27 heavy (non-hydrogen) atoms. The normalized spacial score (nSPS) is 23.9. The Morgan fingerprint density at radius 2 is 1.89 bits per heavy atom. The molecule has 0 aliphatic carbocycles. The molecule has 0 radical (unpaired) electrons. The maximum atomic E-state index is 11.5. The van der Waals surface area contributed by atoms with E-state index >= 15 is 0 Å². The van der Waals surface area contributed by atoms with Gasteiger partial charge in [0.25, 0.3) is 0 Å². The van der Waals surface area contributed by atoms with Gasteiger partial charge < -0.3 is 4.90 Å². The van der Waals surface area contributed by atoms with Gasteiger partial charge >= 0.3 is 0 Å². The van der Waals surface area contributed by atoms with Crippen molar-refractivity contribution in [3.63, 3.8) is 0 Å². The molecule has 3 heterocycles. The van der Waals surface area contributed by atoms with Crippen molar-refractivity contribution in [1.29, 1.82) is 0 Å². The summed E-state index contributed by atoms with van der Waals surface area (Å²) in [6.45, 7) is 8.73. The van der Waals surface area contributed by atoms with Crippen LogP contribution in [0.4, 0.5) is 0 Å². The summed E-state index contributed by atoms with van der Waals surface area (Å²) in [5, 5.41) is 2.16. The predicted molar refractivity (Wildman–Crippen MR) is 112 cm³/mol. The Labute approximate surface area is 167 Å². The highest BCUT2D eigenvalue weighted by atomic mass is 32.1. The lowest BCUT2D eigenvalue weighted by Gasteiger charge is -2.40. The summed E-state index contributed by atoms with van der Waals surface area (Å²) < 4.78 is 0. The van der Waals surface area contributed by atoms with E-state index in [1.807, 2.05) is 0 Å². The number of rotatable bonds is 6. The van der Waals surface area contributed by atoms with Crippen LogP contribution in [0.2, 0.25) is 0 Å². The molecule has 4 rings (SSSR count). The Morgan fingerprint density at radius 3 is 2.67 bits per heavy atom. The van der Waals surface area contributed by atoms with Crippen LogP contribution in [-0.2, 0) is 13.0 Å². The fourth-order valence-electron chi connectivity index (χ4n) is 4.83. The van der Waals surface area contributed by atoms with Gasteiger partial charge in [0.2, 0.25) is 0 Å².